The van der Waals surface area contributed by atoms with Gasteiger partial charge >= 0.3 is 0 Å². The lowest BCUT2D eigenvalue weighted by atomic mass is 10.4. The molecule has 5 nitrogen and oxygen atoms in total. The van der Waals surface area contributed by atoms with Crippen molar-refractivity contribution in [2.75, 3.05) is 23.8 Å². The second kappa shape index (κ2) is 5.69. The molecule has 6 heteroatoms. The van der Waals surface area contributed by atoms with Crippen molar-refractivity contribution in [1.29, 1.82) is 0 Å². The number of aromatic nitrogens is 1. The number of nitrogens with two attached hydrogens (primary N) is 1. The van der Waals surface area contributed by atoms with Crippen molar-refractivity contribution in [1.82, 2.24) is 4.98 Å². The topological polar surface area (TPSA) is 82.3 Å². The fourth-order valence-corrected chi connectivity index (χ4v) is 1.98. The second-order valence-electron chi connectivity index (χ2n) is 3.33. The highest BCUT2D eigenvalue weighted by atomic mass is 32.2. The number of hydrogen-bond acceptors (Lipinski definition) is 5. The van der Waals surface area contributed by atoms with Gasteiger partial charge in [0.1, 0.15) is 9.84 Å². The Bertz CT molecular complexity index is 431. The number of ether oxygens (including phenoxy) is 1. The molecular weight excluding hydrogens is 228 g/mol. The van der Waals surface area contributed by atoms with Crippen LogP contribution in [0.4, 0.5) is 5.82 Å². The maximum Gasteiger partial charge on any atom is 0.166 e. The van der Waals surface area contributed by atoms with Gasteiger partial charge in [0, 0.05) is 11.9 Å². The number of nitrogen functional groups attached to an aromatic ring is 1. The summed E-state index contributed by atoms with van der Waals surface area (Å²) in [6.45, 7) is 1.96. The minimum absolute atomic E-state index is 0.143. The highest BCUT2D eigenvalue weighted by Crippen LogP contribution is 2.16. The lowest BCUT2D eigenvalue weighted by molar-refractivity contribution is 0.318. The largest absolute Gasteiger partial charge is 0.490 e. The van der Waals surface area contributed by atoms with Crippen LogP contribution in [0.15, 0.2) is 18.3 Å². The first-order valence-electron chi connectivity index (χ1n) is 5.09. The van der Waals surface area contributed by atoms with Gasteiger partial charge in [0.2, 0.25) is 0 Å². The molecule has 0 saturated heterocycles. The number of pyridine rings is 1. The molecule has 0 atom stereocenters. The van der Waals surface area contributed by atoms with Gasteiger partial charge in [-0.25, -0.2) is 13.4 Å². The molecule has 0 aliphatic heterocycles. The summed E-state index contributed by atoms with van der Waals surface area (Å²) in [6.07, 6.45) is 2.04. The molecular formula is C10H16N2O3S. The Morgan fingerprint density at radius 2 is 2.25 bits per heavy atom. The molecule has 90 valence electrons. The molecule has 0 amide bonds. The molecule has 0 fully saturated rings. The molecule has 0 radical (unpaired) electrons. The monoisotopic (exact) mass is 244 g/mol. The third-order valence-electron chi connectivity index (χ3n) is 2.10. The Morgan fingerprint density at radius 1 is 1.50 bits per heavy atom. The zero-order chi connectivity index (χ0) is 12.0. The Balaban J connectivity index is 2.35. The molecule has 0 aliphatic carbocycles. The van der Waals surface area contributed by atoms with Gasteiger partial charge in [-0.05, 0) is 18.6 Å². The normalized spacial score (nSPS) is 11.3. The Labute approximate surface area is 95.6 Å². The predicted molar refractivity (Wildman–Crippen MR) is 63.1 cm³/mol. The van der Waals surface area contributed by atoms with Crippen molar-refractivity contribution in [3.63, 3.8) is 0 Å². The molecule has 16 heavy (non-hydrogen) atoms. The van der Waals surface area contributed by atoms with Crippen LogP contribution < -0.4 is 10.5 Å². The van der Waals surface area contributed by atoms with E-state index in [0.29, 0.717) is 24.6 Å². The number of anilines is 1. The minimum atomic E-state index is -2.91. The first-order valence-corrected chi connectivity index (χ1v) is 6.91. The maximum atomic E-state index is 11.2. The molecule has 0 unspecified atom stereocenters. The zero-order valence-electron chi connectivity index (χ0n) is 9.22. The van der Waals surface area contributed by atoms with E-state index in [2.05, 4.69) is 4.98 Å². The van der Waals surface area contributed by atoms with Crippen LogP contribution in [0.3, 0.4) is 0 Å². The van der Waals surface area contributed by atoms with Crippen molar-refractivity contribution in [2.24, 2.45) is 0 Å². The van der Waals surface area contributed by atoms with Gasteiger partial charge in [-0.15, -0.1) is 0 Å². The summed E-state index contributed by atoms with van der Waals surface area (Å²) in [4.78, 5) is 3.86. The van der Waals surface area contributed by atoms with Crippen LogP contribution in [-0.2, 0) is 9.84 Å². The standard InChI is InChI=1S/C10H16N2O3S/c1-2-16(13,14)8-4-7-15-9-5-3-6-12-10(9)11/h3,5-6H,2,4,7-8H2,1H3,(H2,11,12). The Kier molecular flexibility index (Phi) is 4.54. The molecule has 1 aromatic rings. The van der Waals surface area contributed by atoms with E-state index >= 15 is 0 Å². The number of sulfone groups is 1. The first kappa shape index (κ1) is 12.8. The number of nitrogens with zero attached hydrogens (tertiary/aromatic N) is 1. The summed E-state index contributed by atoms with van der Waals surface area (Å²) in [6, 6.07) is 3.42. The Hall–Kier alpha value is -1.30. The van der Waals surface area contributed by atoms with Crippen LogP contribution >= 0.6 is 0 Å². The predicted octanol–water partition coefficient (Wildman–Crippen LogP) is 0.867. The number of hydrogen-bond donors (Lipinski definition) is 1. The quantitative estimate of drug-likeness (QED) is 0.751. The third kappa shape index (κ3) is 4.06. The molecule has 0 aromatic carbocycles. The fraction of sp³-hybridized carbons (Fsp3) is 0.500. The average Bonchev–Trinajstić information content (AvgIpc) is 2.27. The van der Waals surface area contributed by atoms with E-state index in [1.165, 1.54) is 0 Å². The van der Waals surface area contributed by atoms with Crippen molar-refractivity contribution in [3.05, 3.63) is 18.3 Å². The van der Waals surface area contributed by atoms with Crippen LogP contribution in [-0.4, -0.2) is 31.5 Å². The van der Waals surface area contributed by atoms with Gasteiger partial charge in [0.05, 0.1) is 12.4 Å². The van der Waals surface area contributed by atoms with E-state index in [0.717, 1.165) is 0 Å². The van der Waals surface area contributed by atoms with Crippen LogP contribution in [0.2, 0.25) is 0 Å². The van der Waals surface area contributed by atoms with Gasteiger partial charge in [-0.3, -0.25) is 0 Å². The summed E-state index contributed by atoms with van der Waals surface area (Å²) in [5, 5.41) is 0. The summed E-state index contributed by atoms with van der Waals surface area (Å²) in [5.74, 6) is 1.13. The maximum absolute atomic E-state index is 11.2. The van der Waals surface area contributed by atoms with E-state index in [1.807, 2.05) is 0 Å². The van der Waals surface area contributed by atoms with Crippen molar-refractivity contribution >= 4 is 15.7 Å². The molecule has 0 aliphatic rings. The number of rotatable bonds is 6. The SMILES string of the molecule is CCS(=O)(=O)CCCOc1cccnc1N. The molecule has 0 spiro atoms. The van der Waals surface area contributed by atoms with Gasteiger partial charge in [0.15, 0.2) is 11.6 Å². The lowest BCUT2D eigenvalue weighted by Gasteiger charge is -2.07. The van der Waals surface area contributed by atoms with Gasteiger partial charge in [0.25, 0.3) is 0 Å². The van der Waals surface area contributed by atoms with Gasteiger partial charge in [-0.2, -0.15) is 0 Å². The zero-order valence-corrected chi connectivity index (χ0v) is 10.0. The summed E-state index contributed by atoms with van der Waals surface area (Å²) < 4.78 is 27.7. The fourth-order valence-electron chi connectivity index (χ4n) is 1.13. The molecule has 1 heterocycles. The lowest BCUT2D eigenvalue weighted by Crippen LogP contribution is -2.12. The molecule has 0 bridgehead atoms. The van der Waals surface area contributed by atoms with Crippen molar-refractivity contribution in [3.8, 4) is 5.75 Å². The van der Waals surface area contributed by atoms with E-state index in [9.17, 15) is 8.42 Å². The van der Waals surface area contributed by atoms with Crippen LogP contribution in [0.1, 0.15) is 13.3 Å². The summed E-state index contributed by atoms with van der Waals surface area (Å²) in [7, 11) is -2.91. The van der Waals surface area contributed by atoms with E-state index in [1.54, 1.807) is 25.3 Å². The smallest absolute Gasteiger partial charge is 0.166 e. The van der Waals surface area contributed by atoms with Gasteiger partial charge in [-0.1, -0.05) is 6.92 Å². The van der Waals surface area contributed by atoms with Gasteiger partial charge < -0.3 is 10.5 Å². The summed E-state index contributed by atoms with van der Waals surface area (Å²) >= 11 is 0. The molecule has 2 N–H and O–H groups in total. The molecule has 1 aromatic heterocycles. The van der Waals surface area contributed by atoms with Crippen LogP contribution in [0.5, 0.6) is 5.75 Å². The van der Waals surface area contributed by atoms with E-state index in [4.69, 9.17) is 10.5 Å². The summed E-state index contributed by atoms with van der Waals surface area (Å²) in [5.41, 5.74) is 5.56. The third-order valence-corrected chi connectivity index (χ3v) is 3.89. The minimum Gasteiger partial charge on any atom is -0.490 e. The average molecular weight is 244 g/mol. The van der Waals surface area contributed by atoms with E-state index < -0.39 is 9.84 Å². The molecule has 1 rings (SSSR count). The van der Waals surface area contributed by atoms with Crippen LogP contribution in [0.25, 0.3) is 0 Å². The first-order chi connectivity index (χ1) is 7.55. The molecule has 0 saturated carbocycles. The van der Waals surface area contributed by atoms with Crippen molar-refractivity contribution in [2.45, 2.75) is 13.3 Å². The second-order valence-corrected chi connectivity index (χ2v) is 5.80. The highest BCUT2D eigenvalue weighted by Gasteiger charge is 2.07. The Morgan fingerprint density at radius 3 is 2.88 bits per heavy atom. The highest BCUT2D eigenvalue weighted by molar-refractivity contribution is 7.91. The van der Waals surface area contributed by atoms with Crippen LogP contribution in [0, 0.1) is 0 Å². The van der Waals surface area contributed by atoms with Crippen molar-refractivity contribution < 1.29 is 13.2 Å². The van der Waals surface area contributed by atoms with E-state index in [-0.39, 0.29) is 11.5 Å².